The van der Waals surface area contributed by atoms with Gasteiger partial charge in [-0.05, 0) is 35.7 Å². The number of benzene rings is 2. The fourth-order valence-corrected chi connectivity index (χ4v) is 2.04. The molecular weight excluding hydrogens is 261 g/mol. The first-order valence-corrected chi connectivity index (χ1v) is 6.13. The van der Waals surface area contributed by atoms with Crippen LogP contribution < -0.4 is 0 Å². The summed E-state index contributed by atoms with van der Waals surface area (Å²) in [4.78, 5) is 0. The van der Waals surface area contributed by atoms with Crippen LogP contribution in [0, 0.1) is 24.1 Å². The molecule has 0 fully saturated rings. The maximum atomic E-state index is 13.2. The van der Waals surface area contributed by atoms with Gasteiger partial charge in [0.15, 0.2) is 0 Å². The van der Waals surface area contributed by atoms with Crippen molar-refractivity contribution in [3.05, 3.63) is 71.0 Å². The molecule has 94 valence electrons. The predicted octanol–water partition coefficient (Wildman–Crippen LogP) is 4.76. The molecule has 2 aromatic rings. The molecule has 0 unspecified atom stereocenters. The van der Waals surface area contributed by atoms with Crippen molar-refractivity contribution in [3.8, 4) is 6.07 Å². The van der Waals surface area contributed by atoms with Crippen LogP contribution in [0.25, 0.3) is 10.6 Å². The monoisotopic (exact) mass is 271 g/mol. The number of allylic oxidation sites excluding steroid dienone is 1. The van der Waals surface area contributed by atoms with Gasteiger partial charge in [0, 0.05) is 0 Å². The van der Waals surface area contributed by atoms with Crippen LogP contribution in [0.15, 0.2) is 48.5 Å². The molecule has 0 aromatic heterocycles. The molecule has 0 N–H and O–H groups in total. The van der Waals surface area contributed by atoms with Crippen molar-refractivity contribution in [2.24, 2.45) is 0 Å². The van der Waals surface area contributed by atoms with Gasteiger partial charge < -0.3 is 0 Å². The maximum absolute atomic E-state index is 13.2. The van der Waals surface area contributed by atoms with Crippen LogP contribution in [-0.2, 0) is 0 Å². The van der Waals surface area contributed by atoms with Crippen molar-refractivity contribution in [3.63, 3.8) is 0 Å². The Hall–Kier alpha value is -2.11. The summed E-state index contributed by atoms with van der Waals surface area (Å²) >= 11 is 6.27. The predicted molar refractivity (Wildman–Crippen MR) is 75.9 cm³/mol. The highest BCUT2D eigenvalue weighted by molar-refractivity contribution is 6.53. The third-order valence-corrected chi connectivity index (χ3v) is 3.21. The first-order valence-electron chi connectivity index (χ1n) is 5.75. The number of hydrogen-bond donors (Lipinski definition) is 0. The van der Waals surface area contributed by atoms with Gasteiger partial charge in [0.2, 0.25) is 0 Å². The van der Waals surface area contributed by atoms with Gasteiger partial charge in [-0.1, -0.05) is 48.0 Å². The Kier molecular flexibility index (Phi) is 3.99. The SMILES string of the molecule is Cc1cc(C(Cl)=C(C#N)c2ccccc2)ccc1F. The third-order valence-electron chi connectivity index (χ3n) is 2.81. The second-order valence-electron chi connectivity index (χ2n) is 4.13. The maximum Gasteiger partial charge on any atom is 0.126 e. The van der Waals surface area contributed by atoms with E-state index in [2.05, 4.69) is 6.07 Å². The summed E-state index contributed by atoms with van der Waals surface area (Å²) in [7, 11) is 0. The minimum absolute atomic E-state index is 0.286. The average molecular weight is 272 g/mol. The molecule has 19 heavy (non-hydrogen) atoms. The lowest BCUT2D eigenvalue weighted by molar-refractivity contribution is 0.618. The summed E-state index contributed by atoms with van der Waals surface area (Å²) < 4.78 is 13.2. The van der Waals surface area contributed by atoms with Crippen molar-refractivity contribution < 1.29 is 4.39 Å². The molecule has 0 aliphatic rings. The van der Waals surface area contributed by atoms with E-state index in [1.807, 2.05) is 30.3 Å². The lowest BCUT2D eigenvalue weighted by Crippen LogP contribution is -1.89. The standard InChI is InChI=1S/C16H11ClFN/c1-11-9-13(7-8-15(11)18)16(17)14(10-19)12-5-3-2-4-6-12/h2-9H,1H3. The first kappa shape index (κ1) is 13.3. The normalized spacial score (nSPS) is 11.7. The fraction of sp³-hybridized carbons (Fsp3) is 0.0625. The number of halogens is 2. The highest BCUT2D eigenvalue weighted by atomic mass is 35.5. The van der Waals surface area contributed by atoms with Gasteiger partial charge >= 0.3 is 0 Å². The Balaban J connectivity index is 2.56. The summed E-state index contributed by atoms with van der Waals surface area (Å²) in [6.45, 7) is 1.66. The number of hydrogen-bond acceptors (Lipinski definition) is 1. The highest BCUT2D eigenvalue weighted by Gasteiger charge is 2.10. The molecular formula is C16H11ClFN. The Bertz CT molecular complexity index is 669. The van der Waals surface area contributed by atoms with Gasteiger partial charge in [0.05, 0.1) is 10.6 Å². The van der Waals surface area contributed by atoms with Crippen LogP contribution in [-0.4, -0.2) is 0 Å². The summed E-state index contributed by atoms with van der Waals surface area (Å²) in [5.74, 6) is -0.286. The Morgan fingerprint density at radius 2 is 1.79 bits per heavy atom. The van der Waals surface area contributed by atoms with E-state index in [0.717, 1.165) is 5.56 Å². The van der Waals surface area contributed by atoms with E-state index in [9.17, 15) is 9.65 Å². The molecule has 0 saturated carbocycles. The summed E-state index contributed by atoms with van der Waals surface area (Å²) in [6.07, 6.45) is 0. The zero-order chi connectivity index (χ0) is 13.8. The molecule has 1 nitrogen and oxygen atoms in total. The molecule has 2 rings (SSSR count). The lowest BCUT2D eigenvalue weighted by atomic mass is 10.0. The largest absolute Gasteiger partial charge is 0.207 e. The van der Waals surface area contributed by atoms with E-state index >= 15 is 0 Å². The molecule has 0 aliphatic carbocycles. The molecule has 0 spiro atoms. The van der Waals surface area contributed by atoms with Gasteiger partial charge in [0.25, 0.3) is 0 Å². The van der Waals surface area contributed by atoms with Gasteiger partial charge in [0.1, 0.15) is 11.9 Å². The van der Waals surface area contributed by atoms with E-state index in [1.54, 1.807) is 19.1 Å². The fourth-order valence-electron chi connectivity index (χ4n) is 1.77. The first-order chi connectivity index (χ1) is 9.13. The lowest BCUT2D eigenvalue weighted by Gasteiger charge is -2.06. The molecule has 3 heteroatoms. The third kappa shape index (κ3) is 2.83. The molecule has 0 heterocycles. The van der Waals surface area contributed by atoms with Crippen molar-refractivity contribution >= 4 is 22.2 Å². The quantitative estimate of drug-likeness (QED) is 0.570. The van der Waals surface area contributed by atoms with Gasteiger partial charge in [-0.15, -0.1) is 0 Å². The van der Waals surface area contributed by atoms with Crippen LogP contribution in [0.3, 0.4) is 0 Å². The van der Waals surface area contributed by atoms with E-state index in [-0.39, 0.29) is 5.82 Å². The Labute approximate surface area is 116 Å². The van der Waals surface area contributed by atoms with E-state index in [0.29, 0.717) is 21.7 Å². The van der Waals surface area contributed by atoms with Crippen LogP contribution in [0.5, 0.6) is 0 Å². The average Bonchev–Trinajstić information content (AvgIpc) is 2.44. The number of nitrogens with zero attached hydrogens (tertiary/aromatic N) is 1. The second-order valence-corrected chi connectivity index (χ2v) is 4.51. The van der Waals surface area contributed by atoms with E-state index in [4.69, 9.17) is 11.6 Å². The number of aryl methyl sites for hydroxylation is 1. The molecule has 2 aromatic carbocycles. The molecule has 0 atom stereocenters. The van der Waals surface area contributed by atoms with Gasteiger partial charge in [-0.3, -0.25) is 0 Å². The molecule has 0 radical (unpaired) electrons. The van der Waals surface area contributed by atoms with Crippen LogP contribution in [0.1, 0.15) is 16.7 Å². The van der Waals surface area contributed by atoms with Crippen LogP contribution >= 0.6 is 11.6 Å². The zero-order valence-electron chi connectivity index (χ0n) is 10.3. The van der Waals surface area contributed by atoms with Crippen molar-refractivity contribution in [1.29, 1.82) is 5.26 Å². The molecule has 0 aliphatic heterocycles. The highest BCUT2D eigenvalue weighted by Crippen LogP contribution is 2.30. The zero-order valence-corrected chi connectivity index (χ0v) is 11.1. The van der Waals surface area contributed by atoms with Crippen molar-refractivity contribution in [2.45, 2.75) is 6.92 Å². The van der Waals surface area contributed by atoms with E-state index < -0.39 is 0 Å². The van der Waals surface area contributed by atoms with Gasteiger partial charge in [-0.25, -0.2) is 4.39 Å². The number of rotatable bonds is 2. The smallest absolute Gasteiger partial charge is 0.126 e. The summed E-state index contributed by atoms with van der Waals surface area (Å²) in [5, 5.41) is 9.60. The summed E-state index contributed by atoms with van der Waals surface area (Å²) in [6, 6.07) is 15.9. The second kappa shape index (κ2) is 5.69. The van der Waals surface area contributed by atoms with E-state index in [1.165, 1.54) is 6.07 Å². The Morgan fingerprint density at radius 3 is 2.37 bits per heavy atom. The minimum atomic E-state index is -0.286. The van der Waals surface area contributed by atoms with Gasteiger partial charge in [-0.2, -0.15) is 5.26 Å². The molecule has 0 amide bonds. The number of nitriles is 1. The van der Waals surface area contributed by atoms with Crippen LogP contribution in [0.4, 0.5) is 4.39 Å². The van der Waals surface area contributed by atoms with Crippen LogP contribution in [0.2, 0.25) is 0 Å². The van der Waals surface area contributed by atoms with Crippen molar-refractivity contribution in [1.82, 2.24) is 0 Å². The van der Waals surface area contributed by atoms with Crippen molar-refractivity contribution in [2.75, 3.05) is 0 Å². The topological polar surface area (TPSA) is 23.8 Å². The minimum Gasteiger partial charge on any atom is -0.207 e. The molecule has 0 bridgehead atoms. The summed E-state index contributed by atoms with van der Waals surface area (Å²) in [5.41, 5.74) is 2.27. The molecule has 0 saturated heterocycles. The Morgan fingerprint density at radius 1 is 1.11 bits per heavy atom.